The molecule has 1 aromatic carbocycles. The Morgan fingerprint density at radius 1 is 1.11 bits per heavy atom. The lowest BCUT2D eigenvalue weighted by molar-refractivity contribution is 0.102. The van der Waals surface area contributed by atoms with Crippen molar-refractivity contribution in [2.24, 2.45) is 0 Å². The van der Waals surface area contributed by atoms with Crippen LogP contribution in [0.5, 0.6) is 0 Å². The van der Waals surface area contributed by atoms with Crippen molar-refractivity contribution < 1.29 is 13.2 Å². The third-order valence-electron chi connectivity index (χ3n) is 5.11. The average molecular weight is 418 g/mol. The maximum absolute atomic E-state index is 12.8. The van der Waals surface area contributed by atoms with Crippen LogP contribution in [0.1, 0.15) is 42.5 Å². The van der Waals surface area contributed by atoms with Gasteiger partial charge in [0.15, 0.2) is 0 Å². The number of carbonyl (C=O) groups excluding carboxylic acids is 1. The lowest BCUT2D eigenvalue weighted by atomic mass is 10.2. The number of aromatic nitrogens is 1. The van der Waals surface area contributed by atoms with E-state index in [1.807, 2.05) is 0 Å². The fourth-order valence-corrected chi connectivity index (χ4v) is 6.52. The normalized spacial score (nSPS) is 19.1. The van der Waals surface area contributed by atoms with Gasteiger partial charge in [-0.3, -0.25) is 9.10 Å². The Kier molecular flexibility index (Phi) is 5.59. The highest BCUT2D eigenvalue weighted by Crippen LogP contribution is 2.35. The van der Waals surface area contributed by atoms with Crippen molar-refractivity contribution in [3.8, 4) is 0 Å². The van der Waals surface area contributed by atoms with Gasteiger partial charge in [-0.1, -0.05) is 12.8 Å². The van der Waals surface area contributed by atoms with E-state index in [0.717, 1.165) is 5.03 Å². The van der Waals surface area contributed by atoms with Gasteiger partial charge >= 0.3 is 0 Å². The molecule has 148 valence electrons. The van der Waals surface area contributed by atoms with Crippen LogP contribution in [0.15, 0.2) is 47.6 Å². The Bertz CT molecular complexity index is 955. The Morgan fingerprint density at radius 2 is 1.86 bits per heavy atom. The highest BCUT2D eigenvalue weighted by atomic mass is 32.2. The molecule has 1 aliphatic heterocycles. The number of hydrogen-bond donors (Lipinski definition) is 1. The van der Waals surface area contributed by atoms with Gasteiger partial charge in [-0.05, 0) is 55.7 Å². The molecule has 1 saturated heterocycles. The van der Waals surface area contributed by atoms with E-state index in [0.29, 0.717) is 35.2 Å². The first-order valence-corrected chi connectivity index (χ1v) is 12.1. The third-order valence-corrected chi connectivity index (χ3v) is 8.33. The zero-order chi connectivity index (χ0) is 19.6. The van der Waals surface area contributed by atoms with Crippen LogP contribution in [0, 0.1) is 0 Å². The van der Waals surface area contributed by atoms with Gasteiger partial charge in [0.2, 0.25) is 10.0 Å². The molecule has 1 aromatic heterocycles. The van der Waals surface area contributed by atoms with Crippen LogP contribution in [0.2, 0.25) is 0 Å². The summed E-state index contributed by atoms with van der Waals surface area (Å²) in [6.07, 6.45) is 7.19. The van der Waals surface area contributed by atoms with E-state index in [4.69, 9.17) is 0 Å². The first-order valence-electron chi connectivity index (χ1n) is 9.56. The van der Waals surface area contributed by atoms with Crippen LogP contribution in [0.25, 0.3) is 0 Å². The van der Waals surface area contributed by atoms with Crippen molar-refractivity contribution >= 4 is 39.1 Å². The summed E-state index contributed by atoms with van der Waals surface area (Å²) in [6, 6.07) is 10.5. The van der Waals surface area contributed by atoms with E-state index in [9.17, 15) is 13.2 Å². The van der Waals surface area contributed by atoms with Crippen LogP contribution in [-0.2, 0) is 10.0 Å². The summed E-state index contributed by atoms with van der Waals surface area (Å²) < 4.78 is 25.5. The molecular formula is C20H23N3O3S2. The molecular weight excluding hydrogens is 394 g/mol. The maximum Gasteiger partial charge on any atom is 0.258 e. The van der Waals surface area contributed by atoms with Crippen LogP contribution in [-0.4, -0.2) is 36.9 Å². The number of amides is 1. The highest BCUT2D eigenvalue weighted by Gasteiger charge is 2.28. The molecule has 0 atom stereocenters. The van der Waals surface area contributed by atoms with Crippen molar-refractivity contribution in [3.63, 3.8) is 0 Å². The van der Waals surface area contributed by atoms with E-state index < -0.39 is 10.0 Å². The largest absolute Gasteiger partial charge is 0.322 e. The van der Waals surface area contributed by atoms with E-state index in [1.165, 1.54) is 30.0 Å². The Balaban J connectivity index is 1.47. The van der Waals surface area contributed by atoms with Gasteiger partial charge in [-0.25, -0.2) is 13.4 Å². The number of thioether (sulfide) groups is 1. The number of sulfonamides is 1. The van der Waals surface area contributed by atoms with Crippen molar-refractivity contribution in [2.75, 3.05) is 21.9 Å². The van der Waals surface area contributed by atoms with Crippen molar-refractivity contribution in [1.82, 2.24) is 4.98 Å². The lowest BCUT2D eigenvalue weighted by Gasteiger charge is -2.17. The molecule has 6 nitrogen and oxygen atoms in total. The SMILES string of the molecule is O=C(Nc1ccc(N2CCCS2(=O)=O)cc1)c1cccnc1SC1CCCC1. The molecule has 28 heavy (non-hydrogen) atoms. The number of anilines is 2. The van der Waals surface area contributed by atoms with E-state index in [1.54, 1.807) is 54.4 Å². The molecule has 4 rings (SSSR count). The van der Waals surface area contributed by atoms with Gasteiger partial charge < -0.3 is 5.32 Å². The third kappa shape index (κ3) is 4.17. The second-order valence-corrected chi connectivity index (χ2v) is 10.4. The van der Waals surface area contributed by atoms with Crippen LogP contribution >= 0.6 is 11.8 Å². The summed E-state index contributed by atoms with van der Waals surface area (Å²) in [7, 11) is -3.20. The zero-order valence-electron chi connectivity index (χ0n) is 15.5. The molecule has 8 heteroatoms. The summed E-state index contributed by atoms with van der Waals surface area (Å²) in [5.41, 5.74) is 1.84. The molecule has 0 unspecified atom stereocenters. The molecule has 2 fully saturated rings. The minimum Gasteiger partial charge on any atom is -0.322 e. The topological polar surface area (TPSA) is 79.4 Å². The minimum atomic E-state index is -3.20. The van der Waals surface area contributed by atoms with E-state index in [-0.39, 0.29) is 11.7 Å². The van der Waals surface area contributed by atoms with Crippen LogP contribution in [0.3, 0.4) is 0 Å². The molecule has 2 heterocycles. The van der Waals surface area contributed by atoms with Gasteiger partial charge in [-0.15, -0.1) is 11.8 Å². The van der Waals surface area contributed by atoms with E-state index >= 15 is 0 Å². The summed E-state index contributed by atoms with van der Waals surface area (Å²) >= 11 is 1.69. The predicted octanol–water partition coefficient (Wildman–Crippen LogP) is 3.91. The molecule has 1 N–H and O–H groups in total. The summed E-state index contributed by atoms with van der Waals surface area (Å²) in [6.45, 7) is 0.505. The number of nitrogens with one attached hydrogen (secondary N) is 1. The average Bonchev–Trinajstić information content (AvgIpc) is 3.32. The number of pyridine rings is 1. The molecule has 1 saturated carbocycles. The van der Waals surface area contributed by atoms with Crippen LogP contribution in [0.4, 0.5) is 11.4 Å². The number of rotatable bonds is 5. The molecule has 0 bridgehead atoms. The number of hydrogen-bond acceptors (Lipinski definition) is 5. The minimum absolute atomic E-state index is 0.188. The van der Waals surface area contributed by atoms with Crippen molar-refractivity contribution in [1.29, 1.82) is 0 Å². The Labute approximate surface area is 169 Å². The molecule has 0 radical (unpaired) electrons. The monoisotopic (exact) mass is 417 g/mol. The summed E-state index contributed by atoms with van der Waals surface area (Å²) in [5.74, 6) is -0.0105. The van der Waals surface area contributed by atoms with Crippen molar-refractivity contribution in [2.45, 2.75) is 42.4 Å². The molecule has 0 spiro atoms. The van der Waals surface area contributed by atoms with Gasteiger partial charge in [0.1, 0.15) is 5.03 Å². The fourth-order valence-electron chi connectivity index (χ4n) is 3.66. The lowest BCUT2D eigenvalue weighted by Crippen LogP contribution is -2.25. The first-order chi connectivity index (χ1) is 13.5. The van der Waals surface area contributed by atoms with Gasteiger partial charge in [0.25, 0.3) is 5.91 Å². The molecule has 2 aliphatic rings. The standard InChI is InChI=1S/C20H23N3O3S2/c24-19(18-7-3-12-21-20(18)27-17-5-1-2-6-17)22-15-8-10-16(11-9-15)23-13-4-14-28(23,25)26/h3,7-12,17H,1-2,4-6,13-14H2,(H,22,24). The van der Waals surface area contributed by atoms with Crippen molar-refractivity contribution in [3.05, 3.63) is 48.2 Å². The van der Waals surface area contributed by atoms with Crippen LogP contribution < -0.4 is 9.62 Å². The second kappa shape index (κ2) is 8.13. The van der Waals surface area contributed by atoms with E-state index in [2.05, 4.69) is 10.3 Å². The summed E-state index contributed by atoms with van der Waals surface area (Å²) in [4.78, 5) is 17.2. The highest BCUT2D eigenvalue weighted by molar-refractivity contribution is 8.00. The Hall–Kier alpha value is -2.06. The second-order valence-electron chi connectivity index (χ2n) is 7.12. The molecule has 2 aromatic rings. The summed E-state index contributed by atoms with van der Waals surface area (Å²) in [5, 5.41) is 4.20. The number of benzene rings is 1. The Morgan fingerprint density at radius 3 is 2.54 bits per heavy atom. The molecule has 1 amide bonds. The van der Waals surface area contributed by atoms with Gasteiger partial charge in [-0.2, -0.15) is 0 Å². The smallest absolute Gasteiger partial charge is 0.258 e. The maximum atomic E-state index is 12.8. The number of nitrogens with zero attached hydrogens (tertiary/aromatic N) is 2. The number of carbonyl (C=O) groups is 1. The zero-order valence-corrected chi connectivity index (χ0v) is 17.1. The fraction of sp³-hybridized carbons (Fsp3) is 0.400. The quantitative estimate of drug-likeness (QED) is 0.798. The van der Waals surface area contributed by atoms with Gasteiger partial charge in [0.05, 0.1) is 17.0 Å². The van der Waals surface area contributed by atoms with Gasteiger partial charge in [0, 0.05) is 23.7 Å². The molecule has 1 aliphatic carbocycles. The first kappa shape index (κ1) is 19.3. The predicted molar refractivity (Wildman–Crippen MR) is 112 cm³/mol.